The van der Waals surface area contributed by atoms with Crippen molar-refractivity contribution >= 4 is 12.1 Å². The van der Waals surface area contributed by atoms with Gasteiger partial charge in [0.2, 0.25) is 0 Å². The molecule has 7 heteroatoms. The molecule has 3 rings (SSSR count). The minimum absolute atomic E-state index is 0.0998. The van der Waals surface area contributed by atoms with E-state index in [0.29, 0.717) is 18.7 Å². The normalized spacial score (nSPS) is 22.3. The highest BCUT2D eigenvalue weighted by molar-refractivity contribution is 5.90. The van der Waals surface area contributed by atoms with Crippen LogP contribution in [0.1, 0.15) is 68.3 Å². The summed E-state index contributed by atoms with van der Waals surface area (Å²) >= 11 is 0. The molecule has 0 N–H and O–H groups in total. The van der Waals surface area contributed by atoms with Gasteiger partial charge in [-0.15, -0.1) is 0 Å². The molecule has 132 valence electrons. The Balaban J connectivity index is 1.97. The van der Waals surface area contributed by atoms with Crippen LogP contribution in [0.15, 0.2) is 0 Å². The molecule has 1 aromatic heterocycles. The number of amides is 1. The molecule has 2 bridgehead atoms. The quantitative estimate of drug-likeness (QED) is 0.777. The van der Waals surface area contributed by atoms with Crippen molar-refractivity contribution in [3.8, 4) is 0 Å². The van der Waals surface area contributed by atoms with Gasteiger partial charge in [-0.3, -0.25) is 9.58 Å². The molecule has 0 aromatic carbocycles. The smallest absolute Gasteiger partial charge is 0.411 e. The lowest BCUT2D eigenvalue weighted by Gasteiger charge is -2.36. The number of hydrogen-bond donors (Lipinski definition) is 0. The molecule has 7 nitrogen and oxygen atoms in total. The van der Waals surface area contributed by atoms with Crippen LogP contribution in [0.2, 0.25) is 0 Å². The zero-order valence-electron chi connectivity index (χ0n) is 15.0. The van der Waals surface area contributed by atoms with Crippen molar-refractivity contribution in [3.05, 3.63) is 17.0 Å². The molecule has 3 heterocycles. The van der Waals surface area contributed by atoms with Crippen LogP contribution in [0, 0.1) is 0 Å². The summed E-state index contributed by atoms with van der Waals surface area (Å²) in [6.07, 6.45) is 2.09. The van der Waals surface area contributed by atoms with Crippen molar-refractivity contribution in [2.45, 2.75) is 64.6 Å². The number of carbonyl (C=O) groups excluding carboxylic acids is 2. The molecular weight excluding hydrogens is 310 g/mol. The van der Waals surface area contributed by atoms with Gasteiger partial charge in [0.25, 0.3) is 0 Å². The largest absolute Gasteiger partial charge is 0.461 e. The van der Waals surface area contributed by atoms with Gasteiger partial charge in [-0.05, 0) is 40.5 Å². The van der Waals surface area contributed by atoms with Crippen LogP contribution < -0.4 is 0 Å². The summed E-state index contributed by atoms with van der Waals surface area (Å²) in [5.74, 6) is -0.427. The number of fused-ring (bicyclic) bond motifs is 4. The summed E-state index contributed by atoms with van der Waals surface area (Å²) in [6, 6.07) is -0.0653. The summed E-state index contributed by atoms with van der Waals surface area (Å²) in [6.45, 7) is 7.64. The van der Waals surface area contributed by atoms with E-state index in [1.165, 1.54) is 0 Å². The van der Waals surface area contributed by atoms with E-state index in [-0.39, 0.29) is 18.2 Å². The number of nitrogens with zero attached hydrogens (tertiary/aromatic N) is 3. The Kier molecular flexibility index (Phi) is 4.05. The van der Waals surface area contributed by atoms with Crippen molar-refractivity contribution in [1.29, 1.82) is 0 Å². The SMILES string of the molecule is CCOC(=O)c1nn(C)c2c1[C@H]1CC[C@@H](C2)N1C(=O)OC(C)(C)C. The zero-order chi connectivity index (χ0) is 17.6. The molecule has 2 atom stereocenters. The Morgan fingerprint density at radius 1 is 1.29 bits per heavy atom. The number of aryl methyl sites for hydroxylation is 1. The lowest BCUT2D eigenvalue weighted by Crippen LogP contribution is -2.45. The van der Waals surface area contributed by atoms with E-state index in [1.54, 1.807) is 16.5 Å². The van der Waals surface area contributed by atoms with Crippen molar-refractivity contribution in [2.75, 3.05) is 6.61 Å². The summed E-state index contributed by atoms with van der Waals surface area (Å²) < 4.78 is 12.5. The average molecular weight is 335 g/mol. The van der Waals surface area contributed by atoms with Crippen molar-refractivity contribution < 1.29 is 19.1 Å². The highest BCUT2D eigenvalue weighted by Gasteiger charge is 2.48. The van der Waals surface area contributed by atoms with Crippen LogP contribution in [-0.4, -0.2) is 45.0 Å². The van der Waals surface area contributed by atoms with E-state index in [0.717, 1.165) is 24.1 Å². The Hall–Kier alpha value is -2.05. The number of carbonyl (C=O) groups is 2. The third-order valence-corrected chi connectivity index (χ3v) is 4.54. The molecule has 2 aliphatic heterocycles. The van der Waals surface area contributed by atoms with Gasteiger partial charge >= 0.3 is 12.1 Å². The first-order chi connectivity index (χ1) is 11.2. The second kappa shape index (κ2) is 5.79. The van der Waals surface area contributed by atoms with E-state index >= 15 is 0 Å². The van der Waals surface area contributed by atoms with Crippen molar-refractivity contribution in [2.24, 2.45) is 7.05 Å². The first-order valence-corrected chi connectivity index (χ1v) is 8.47. The maximum absolute atomic E-state index is 12.7. The standard InChI is InChI=1S/C17H25N3O4/c1-6-23-15(21)14-13-11-8-7-10(9-12(13)19(5)18-14)20(11)16(22)24-17(2,3)4/h10-11H,6-9H2,1-5H3/t10-,11+/m0/s1. The fourth-order valence-corrected chi connectivity index (χ4v) is 3.70. The molecule has 0 radical (unpaired) electrons. The number of hydrogen-bond acceptors (Lipinski definition) is 5. The van der Waals surface area contributed by atoms with E-state index in [1.807, 2.05) is 27.8 Å². The topological polar surface area (TPSA) is 73.7 Å². The lowest BCUT2D eigenvalue weighted by atomic mass is 9.97. The van der Waals surface area contributed by atoms with Crippen molar-refractivity contribution in [3.63, 3.8) is 0 Å². The molecule has 1 amide bonds. The van der Waals surface area contributed by atoms with Crippen LogP contribution in [-0.2, 0) is 22.9 Å². The molecule has 2 aliphatic rings. The molecule has 0 spiro atoms. The Bertz CT molecular complexity index is 674. The van der Waals surface area contributed by atoms with Gasteiger partial charge in [0.1, 0.15) is 5.60 Å². The fraction of sp³-hybridized carbons (Fsp3) is 0.706. The predicted octanol–water partition coefficient (Wildman–Crippen LogP) is 2.59. The van der Waals surface area contributed by atoms with E-state index in [4.69, 9.17) is 9.47 Å². The number of ether oxygens (including phenoxy) is 2. The summed E-state index contributed by atoms with van der Waals surface area (Å²) in [7, 11) is 1.84. The Labute approximate surface area is 141 Å². The zero-order valence-corrected chi connectivity index (χ0v) is 15.0. The van der Waals surface area contributed by atoms with Crippen molar-refractivity contribution in [1.82, 2.24) is 14.7 Å². The van der Waals surface area contributed by atoms with Crippen LogP contribution in [0.25, 0.3) is 0 Å². The van der Waals surface area contributed by atoms with Crippen LogP contribution >= 0.6 is 0 Å². The van der Waals surface area contributed by atoms with Gasteiger partial charge in [0.15, 0.2) is 5.69 Å². The monoisotopic (exact) mass is 335 g/mol. The first kappa shape index (κ1) is 16.8. The highest BCUT2D eigenvalue weighted by Crippen LogP contribution is 2.45. The molecule has 1 aromatic rings. The minimum Gasteiger partial charge on any atom is -0.461 e. The van der Waals surface area contributed by atoms with E-state index < -0.39 is 11.6 Å². The van der Waals surface area contributed by atoms with Gasteiger partial charge in [-0.25, -0.2) is 9.59 Å². The maximum Gasteiger partial charge on any atom is 0.411 e. The van der Waals surface area contributed by atoms with Gasteiger partial charge in [-0.1, -0.05) is 0 Å². The maximum atomic E-state index is 12.7. The van der Waals surface area contributed by atoms with E-state index in [9.17, 15) is 9.59 Å². The van der Waals surface area contributed by atoms with Gasteiger partial charge < -0.3 is 9.47 Å². The second-order valence-corrected chi connectivity index (χ2v) is 7.39. The minimum atomic E-state index is -0.546. The Morgan fingerprint density at radius 3 is 2.62 bits per heavy atom. The molecule has 24 heavy (non-hydrogen) atoms. The lowest BCUT2D eigenvalue weighted by molar-refractivity contribution is 0.0119. The highest BCUT2D eigenvalue weighted by atomic mass is 16.6. The molecule has 0 saturated carbocycles. The molecule has 0 aliphatic carbocycles. The molecule has 0 unspecified atom stereocenters. The molecule has 1 fully saturated rings. The number of rotatable bonds is 2. The fourth-order valence-electron chi connectivity index (χ4n) is 3.70. The van der Waals surface area contributed by atoms with Crippen LogP contribution in [0.4, 0.5) is 4.79 Å². The average Bonchev–Trinajstić information content (AvgIpc) is 2.96. The van der Waals surface area contributed by atoms with Gasteiger partial charge in [0.05, 0.1) is 12.6 Å². The van der Waals surface area contributed by atoms with Crippen LogP contribution in [0.3, 0.4) is 0 Å². The predicted molar refractivity (Wildman–Crippen MR) is 86.7 cm³/mol. The summed E-state index contributed by atoms with van der Waals surface area (Å²) in [4.78, 5) is 26.7. The van der Waals surface area contributed by atoms with Gasteiger partial charge in [-0.2, -0.15) is 5.10 Å². The summed E-state index contributed by atoms with van der Waals surface area (Å²) in [5.41, 5.74) is 1.63. The summed E-state index contributed by atoms with van der Waals surface area (Å²) in [5, 5.41) is 4.36. The Morgan fingerprint density at radius 2 is 2.00 bits per heavy atom. The van der Waals surface area contributed by atoms with Crippen LogP contribution in [0.5, 0.6) is 0 Å². The van der Waals surface area contributed by atoms with Gasteiger partial charge in [0, 0.05) is 30.8 Å². The number of esters is 1. The first-order valence-electron chi connectivity index (χ1n) is 8.47. The number of aromatic nitrogens is 2. The third kappa shape index (κ3) is 2.76. The molecular formula is C17H25N3O4. The molecule has 1 saturated heterocycles. The second-order valence-electron chi connectivity index (χ2n) is 7.39. The third-order valence-electron chi connectivity index (χ3n) is 4.54. The van der Waals surface area contributed by atoms with E-state index in [2.05, 4.69) is 5.10 Å².